The second-order valence-corrected chi connectivity index (χ2v) is 9.20. The van der Waals surface area contributed by atoms with Gasteiger partial charge in [-0.2, -0.15) is 0 Å². The number of hydrogen-bond donors (Lipinski definition) is 1. The van der Waals surface area contributed by atoms with Crippen LogP contribution in [-0.2, 0) is 10.2 Å². The summed E-state index contributed by atoms with van der Waals surface area (Å²) in [6.45, 7) is 12.4. The zero-order valence-electron chi connectivity index (χ0n) is 17.7. The van der Waals surface area contributed by atoms with Crippen molar-refractivity contribution in [3.63, 3.8) is 0 Å². The Morgan fingerprint density at radius 3 is 2.43 bits per heavy atom. The first-order chi connectivity index (χ1) is 13.0. The molecule has 0 aromatic heterocycles. The van der Waals surface area contributed by atoms with Crippen LogP contribution >= 0.6 is 0 Å². The molecule has 4 nitrogen and oxygen atoms in total. The van der Waals surface area contributed by atoms with Crippen molar-refractivity contribution in [2.24, 2.45) is 0 Å². The van der Waals surface area contributed by atoms with Gasteiger partial charge in [0.25, 0.3) is 5.91 Å². The Labute approximate surface area is 168 Å². The van der Waals surface area contributed by atoms with Crippen molar-refractivity contribution in [3.05, 3.63) is 59.7 Å². The first kappa shape index (κ1) is 20.2. The monoisotopic (exact) mass is 381 g/mol. The van der Waals surface area contributed by atoms with Crippen LogP contribution in [0.2, 0.25) is 0 Å². The molecule has 3 rings (SSSR count). The summed E-state index contributed by atoms with van der Waals surface area (Å²) in [6, 6.07) is 15.7. The van der Waals surface area contributed by atoms with Crippen molar-refractivity contribution in [2.75, 3.05) is 0 Å². The fourth-order valence-electron chi connectivity index (χ4n) is 3.51. The lowest BCUT2D eigenvalue weighted by atomic mass is 9.87. The number of para-hydroxylation sites is 1. The number of carbonyl (C=O) groups is 1. The van der Waals surface area contributed by atoms with Gasteiger partial charge in [0.15, 0.2) is 6.10 Å². The largest absolute Gasteiger partial charge is 0.487 e. The van der Waals surface area contributed by atoms with Gasteiger partial charge < -0.3 is 14.8 Å². The van der Waals surface area contributed by atoms with Gasteiger partial charge in [-0.15, -0.1) is 0 Å². The summed E-state index contributed by atoms with van der Waals surface area (Å²) >= 11 is 0. The van der Waals surface area contributed by atoms with Crippen molar-refractivity contribution >= 4 is 5.91 Å². The summed E-state index contributed by atoms with van der Waals surface area (Å²) in [5.74, 6) is 1.40. The second-order valence-electron chi connectivity index (χ2n) is 9.20. The molecule has 0 radical (unpaired) electrons. The minimum absolute atomic E-state index is 0.0881. The molecule has 1 amide bonds. The molecular formula is C24H31NO3. The Balaban J connectivity index is 1.67. The van der Waals surface area contributed by atoms with Gasteiger partial charge in [0, 0.05) is 12.0 Å². The van der Waals surface area contributed by atoms with Crippen LogP contribution in [0.15, 0.2) is 48.5 Å². The van der Waals surface area contributed by atoms with E-state index in [-0.39, 0.29) is 23.0 Å². The maximum atomic E-state index is 12.8. The van der Waals surface area contributed by atoms with E-state index < -0.39 is 6.10 Å². The third kappa shape index (κ3) is 4.67. The summed E-state index contributed by atoms with van der Waals surface area (Å²) in [7, 11) is 0. The summed E-state index contributed by atoms with van der Waals surface area (Å²) < 4.78 is 11.9. The molecule has 0 saturated carbocycles. The fourth-order valence-corrected chi connectivity index (χ4v) is 3.51. The number of ether oxygens (including phenoxy) is 2. The Morgan fingerprint density at radius 2 is 1.79 bits per heavy atom. The molecule has 150 valence electrons. The first-order valence-corrected chi connectivity index (χ1v) is 9.91. The highest BCUT2D eigenvalue weighted by molar-refractivity contribution is 5.81. The van der Waals surface area contributed by atoms with Gasteiger partial charge in [0.1, 0.15) is 17.1 Å². The molecule has 0 fully saturated rings. The van der Waals surface area contributed by atoms with Gasteiger partial charge in [-0.05, 0) is 49.9 Å². The van der Waals surface area contributed by atoms with Crippen LogP contribution in [0.3, 0.4) is 0 Å². The lowest BCUT2D eigenvalue weighted by molar-refractivity contribution is -0.128. The number of benzene rings is 2. The van der Waals surface area contributed by atoms with Crippen molar-refractivity contribution in [1.82, 2.24) is 5.32 Å². The van der Waals surface area contributed by atoms with Gasteiger partial charge in [0.2, 0.25) is 0 Å². The molecule has 0 spiro atoms. The molecule has 0 aliphatic carbocycles. The van der Waals surface area contributed by atoms with Crippen LogP contribution in [0.1, 0.15) is 65.1 Å². The van der Waals surface area contributed by atoms with Gasteiger partial charge >= 0.3 is 0 Å². The molecule has 2 aromatic rings. The van der Waals surface area contributed by atoms with Crippen molar-refractivity contribution in [3.8, 4) is 11.5 Å². The summed E-state index contributed by atoms with van der Waals surface area (Å²) in [4.78, 5) is 12.8. The van der Waals surface area contributed by atoms with E-state index in [0.29, 0.717) is 12.2 Å². The van der Waals surface area contributed by atoms with E-state index in [0.717, 1.165) is 11.3 Å². The van der Waals surface area contributed by atoms with E-state index in [1.165, 1.54) is 5.56 Å². The number of amides is 1. The van der Waals surface area contributed by atoms with Crippen molar-refractivity contribution < 1.29 is 14.3 Å². The zero-order chi connectivity index (χ0) is 20.5. The third-order valence-corrected chi connectivity index (χ3v) is 5.10. The highest BCUT2D eigenvalue weighted by atomic mass is 16.5. The average molecular weight is 382 g/mol. The van der Waals surface area contributed by atoms with Crippen molar-refractivity contribution in [1.29, 1.82) is 0 Å². The molecule has 4 heteroatoms. The third-order valence-electron chi connectivity index (χ3n) is 5.10. The molecular weight excluding hydrogens is 350 g/mol. The average Bonchev–Trinajstić information content (AvgIpc) is 2.60. The maximum Gasteiger partial charge on any atom is 0.261 e. The Kier molecular flexibility index (Phi) is 5.42. The number of nitrogens with one attached hydrogen (secondary N) is 1. The van der Waals surface area contributed by atoms with Crippen LogP contribution in [0, 0.1) is 0 Å². The highest BCUT2D eigenvalue weighted by Crippen LogP contribution is 2.39. The van der Waals surface area contributed by atoms with E-state index in [2.05, 4.69) is 38.2 Å². The smallest absolute Gasteiger partial charge is 0.261 e. The summed E-state index contributed by atoms with van der Waals surface area (Å²) in [5, 5.41) is 3.14. The number of carbonyl (C=O) groups excluding carboxylic acids is 1. The topological polar surface area (TPSA) is 47.6 Å². The van der Waals surface area contributed by atoms with E-state index in [1.807, 2.05) is 50.2 Å². The van der Waals surface area contributed by atoms with Crippen LogP contribution in [0.4, 0.5) is 0 Å². The van der Waals surface area contributed by atoms with Crippen LogP contribution in [0.5, 0.6) is 11.5 Å². The molecule has 28 heavy (non-hydrogen) atoms. The molecule has 1 N–H and O–H groups in total. The number of rotatable bonds is 4. The lowest BCUT2D eigenvalue weighted by Gasteiger charge is -2.38. The molecule has 2 atom stereocenters. The highest BCUT2D eigenvalue weighted by Gasteiger charge is 2.35. The van der Waals surface area contributed by atoms with E-state index in [1.54, 1.807) is 6.92 Å². The van der Waals surface area contributed by atoms with Gasteiger partial charge in [-0.3, -0.25) is 4.79 Å². The predicted octanol–water partition coefficient (Wildman–Crippen LogP) is 5.17. The van der Waals surface area contributed by atoms with Crippen LogP contribution in [0.25, 0.3) is 0 Å². The van der Waals surface area contributed by atoms with Crippen LogP contribution < -0.4 is 14.8 Å². The van der Waals surface area contributed by atoms with Crippen LogP contribution in [-0.4, -0.2) is 17.6 Å². The van der Waals surface area contributed by atoms with Gasteiger partial charge in [-0.1, -0.05) is 51.1 Å². The second kappa shape index (κ2) is 7.50. The Hall–Kier alpha value is -2.49. The molecule has 0 unspecified atom stereocenters. The standard InChI is InChI=1S/C24H31NO3/c1-16(27-18-13-11-17(12-14-18)23(2,3)4)22(26)25-20-15-24(5,6)28-21-10-8-7-9-19(20)21/h7-14,16,20H,15H2,1-6H3,(H,25,26)/t16-,20+/m0/s1. The maximum absolute atomic E-state index is 12.8. The molecule has 0 bridgehead atoms. The van der Waals surface area contributed by atoms with E-state index >= 15 is 0 Å². The minimum atomic E-state index is -0.585. The molecule has 1 heterocycles. The fraction of sp³-hybridized carbons (Fsp3) is 0.458. The van der Waals surface area contributed by atoms with Gasteiger partial charge in [0.05, 0.1) is 6.04 Å². The molecule has 1 aliphatic rings. The predicted molar refractivity (Wildman–Crippen MR) is 112 cm³/mol. The minimum Gasteiger partial charge on any atom is -0.487 e. The van der Waals surface area contributed by atoms with Crippen molar-refractivity contribution in [2.45, 2.75) is 71.1 Å². The normalized spacial score (nSPS) is 19.1. The zero-order valence-corrected chi connectivity index (χ0v) is 17.7. The quantitative estimate of drug-likeness (QED) is 0.795. The number of fused-ring (bicyclic) bond motifs is 1. The summed E-state index contributed by atoms with van der Waals surface area (Å²) in [6.07, 6.45) is 0.126. The molecule has 0 saturated heterocycles. The summed E-state index contributed by atoms with van der Waals surface area (Å²) in [5.41, 5.74) is 2.00. The van der Waals surface area contributed by atoms with E-state index in [9.17, 15) is 4.79 Å². The first-order valence-electron chi connectivity index (χ1n) is 9.91. The lowest BCUT2D eigenvalue weighted by Crippen LogP contribution is -2.44. The molecule has 2 aromatic carbocycles. The Morgan fingerprint density at radius 1 is 1.14 bits per heavy atom. The van der Waals surface area contributed by atoms with Gasteiger partial charge in [-0.25, -0.2) is 0 Å². The Bertz CT molecular complexity index is 834. The molecule has 1 aliphatic heterocycles. The number of hydrogen-bond acceptors (Lipinski definition) is 3. The SMILES string of the molecule is C[C@H](Oc1ccc(C(C)(C)C)cc1)C(=O)N[C@@H]1CC(C)(C)Oc2ccccc21. The van der Waals surface area contributed by atoms with E-state index in [4.69, 9.17) is 9.47 Å².